The zero-order chi connectivity index (χ0) is 21.7. The highest BCUT2D eigenvalue weighted by molar-refractivity contribution is 7.92. The van der Waals surface area contributed by atoms with Crippen LogP contribution in [0.15, 0.2) is 77.7 Å². The molecule has 0 spiro atoms. The van der Waals surface area contributed by atoms with Crippen molar-refractivity contribution in [3.05, 3.63) is 94.0 Å². The Labute approximate surface area is 185 Å². The first-order chi connectivity index (χ1) is 14.2. The standard InChI is InChI=1S/C22H18Cl2N2O3S/c1-15-2-10-19(11-3-15)30(28,29)26-18-8-6-17(7-9-18)25-22(27)13-5-16-4-12-20(23)21(24)14-16/h2-14,26H,1H3,(H,25,27). The lowest BCUT2D eigenvalue weighted by atomic mass is 10.2. The number of hydrogen-bond donors (Lipinski definition) is 2. The third-order valence-electron chi connectivity index (χ3n) is 4.11. The maximum absolute atomic E-state index is 12.4. The molecule has 0 bridgehead atoms. The van der Waals surface area contributed by atoms with Crippen molar-refractivity contribution < 1.29 is 13.2 Å². The summed E-state index contributed by atoms with van der Waals surface area (Å²) in [5.41, 5.74) is 2.62. The minimum atomic E-state index is -3.68. The number of anilines is 2. The van der Waals surface area contributed by atoms with Crippen LogP contribution < -0.4 is 10.0 Å². The number of aryl methyl sites for hydroxylation is 1. The molecule has 0 heterocycles. The number of amides is 1. The fourth-order valence-corrected chi connectivity index (χ4v) is 3.89. The van der Waals surface area contributed by atoms with E-state index >= 15 is 0 Å². The number of carbonyl (C=O) groups is 1. The lowest BCUT2D eigenvalue weighted by Gasteiger charge is -2.09. The fourth-order valence-electron chi connectivity index (χ4n) is 2.52. The number of hydrogen-bond acceptors (Lipinski definition) is 3. The second kappa shape index (κ2) is 9.34. The molecule has 0 saturated heterocycles. The van der Waals surface area contributed by atoms with E-state index in [1.165, 1.54) is 6.08 Å². The highest BCUT2D eigenvalue weighted by Crippen LogP contribution is 2.23. The average Bonchev–Trinajstić information content (AvgIpc) is 2.70. The van der Waals surface area contributed by atoms with Crippen molar-refractivity contribution in [2.24, 2.45) is 0 Å². The summed E-state index contributed by atoms with van der Waals surface area (Å²) in [5, 5.41) is 3.55. The molecule has 1 amide bonds. The summed E-state index contributed by atoms with van der Waals surface area (Å²) in [5.74, 6) is -0.339. The van der Waals surface area contributed by atoms with Crippen molar-refractivity contribution >= 4 is 56.6 Å². The summed E-state index contributed by atoms with van der Waals surface area (Å²) in [7, 11) is -3.68. The third-order valence-corrected chi connectivity index (χ3v) is 6.24. The third kappa shape index (κ3) is 5.86. The molecule has 0 unspecified atom stereocenters. The van der Waals surface area contributed by atoms with Crippen LogP contribution in [0.2, 0.25) is 10.0 Å². The van der Waals surface area contributed by atoms with Crippen LogP contribution in [0.1, 0.15) is 11.1 Å². The van der Waals surface area contributed by atoms with Gasteiger partial charge in [0.25, 0.3) is 10.0 Å². The summed E-state index contributed by atoms with van der Waals surface area (Å²) >= 11 is 11.8. The van der Waals surface area contributed by atoms with E-state index < -0.39 is 10.0 Å². The molecule has 0 aromatic heterocycles. The van der Waals surface area contributed by atoms with Crippen LogP contribution >= 0.6 is 23.2 Å². The smallest absolute Gasteiger partial charge is 0.261 e. The van der Waals surface area contributed by atoms with E-state index in [-0.39, 0.29) is 10.8 Å². The molecule has 0 saturated carbocycles. The number of benzene rings is 3. The Hall–Kier alpha value is -2.80. The normalized spacial score (nSPS) is 11.4. The van der Waals surface area contributed by atoms with Crippen LogP contribution in [-0.2, 0) is 14.8 Å². The molecule has 0 atom stereocenters. The Kier molecular flexibility index (Phi) is 6.82. The Morgan fingerprint density at radius 2 is 1.50 bits per heavy atom. The van der Waals surface area contributed by atoms with Gasteiger partial charge in [-0.25, -0.2) is 8.42 Å². The van der Waals surface area contributed by atoms with E-state index in [1.807, 2.05) is 6.92 Å². The highest BCUT2D eigenvalue weighted by Gasteiger charge is 2.13. The van der Waals surface area contributed by atoms with Gasteiger partial charge < -0.3 is 5.32 Å². The Morgan fingerprint density at radius 1 is 0.867 bits per heavy atom. The average molecular weight is 461 g/mol. The zero-order valence-corrected chi connectivity index (χ0v) is 18.2. The van der Waals surface area contributed by atoms with Gasteiger partial charge in [0.2, 0.25) is 5.91 Å². The first-order valence-electron chi connectivity index (χ1n) is 8.87. The SMILES string of the molecule is Cc1ccc(S(=O)(=O)Nc2ccc(NC(=O)C=Cc3ccc(Cl)c(Cl)c3)cc2)cc1. The van der Waals surface area contributed by atoms with E-state index in [9.17, 15) is 13.2 Å². The van der Waals surface area contributed by atoms with Gasteiger partial charge in [-0.1, -0.05) is 47.0 Å². The van der Waals surface area contributed by atoms with Gasteiger partial charge in [-0.05, 0) is 67.1 Å². The summed E-state index contributed by atoms with van der Waals surface area (Å²) in [4.78, 5) is 12.3. The monoisotopic (exact) mass is 460 g/mol. The predicted molar refractivity (Wildman–Crippen MR) is 123 cm³/mol. The number of nitrogens with one attached hydrogen (secondary N) is 2. The first-order valence-corrected chi connectivity index (χ1v) is 11.1. The van der Waals surface area contributed by atoms with E-state index in [4.69, 9.17) is 23.2 Å². The molecule has 5 nitrogen and oxygen atoms in total. The lowest BCUT2D eigenvalue weighted by Crippen LogP contribution is -2.13. The summed E-state index contributed by atoms with van der Waals surface area (Å²) in [6, 6.07) is 18.0. The molecule has 0 aliphatic heterocycles. The van der Waals surface area contributed by atoms with Gasteiger partial charge in [0.05, 0.1) is 14.9 Å². The molecular weight excluding hydrogens is 443 g/mol. The van der Waals surface area contributed by atoms with Gasteiger partial charge >= 0.3 is 0 Å². The summed E-state index contributed by atoms with van der Waals surface area (Å²) < 4.78 is 27.4. The zero-order valence-electron chi connectivity index (χ0n) is 15.9. The topological polar surface area (TPSA) is 75.3 Å². The highest BCUT2D eigenvalue weighted by atomic mass is 35.5. The van der Waals surface area contributed by atoms with Gasteiger partial charge in [-0.2, -0.15) is 0 Å². The van der Waals surface area contributed by atoms with Crippen molar-refractivity contribution in [1.82, 2.24) is 0 Å². The second-order valence-corrected chi connectivity index (χ2v) is 8.99. The van der Waals surface area contributed by atoms with Gasteiger partial charge in [-0.15, -0.1) is 0 Å². The molecule has 3 aromatic carbocycles. The molecule has 3 rings (SSSR count). The first kappa shape index (κ1) is 21.9. The molecule has 0 fully saturated rings. The lowest BCUT2D eigenvalue weighted by molar-refractivity contribution is -0.111. The van der Waals surface area contributed by atoms with Crippen LogP contribution in [0, 0.1) is 6.92 Å². The van der Waals surface area contributed by atoms with Crippen LogP contribution in [0.25, 0.3) is 6.08 Å². The maximum Gasteiger partial charge on any atom is 0.261 e. The van der Waals surface area contributed by atoms with Crippen LogP contribution in [0.5, 0.6) is 0 Å². The van der Waals surface area contributed by atoms with Crippen molar-refractivity contribution in [3.63, 3.8) is 0 Å². The summed E-state index contributed by atoms with van der Waals surface area (Å²) in [6.45, 7) is 1.89. The van der Waals surface area contributed by atoms with Gasteiger partial charge in [0, 0.05) is 17.5 Å². The Bertz CT molecular complexity index is 1190. The molecule has 0 aliphatic rings. The predicted octanol–water partition coefficient (Wildman–Crippen LogP) is 5.75. The molecule has 0 aliphatic carbocycles. The van der Waals surface area contributed by atoms with Crippen molar-refractivity contribution in [2.75, 3.05) is 10.0 Å². The van der Waals surface area contributed by atoms with Gasteiger partial charge in [0.1, 0.15) is 0 Å². The molecule has 3 aromatic rings. The van der Waals surface area contributed by atoms with Gasteiger partial charge in [0.15, 0.2) is 0 Å². The minimum absolute atomic E-state index is 0.179. The quantitative estimate of drug-likeness (QED) is 0.459. The van der Waals surface area contributed by atoms with E-state index in [1.54, 1.807) is 72.8 Å². The number of halogens is 2. The van der Waals surface area contributed by atoms with E-state index in [0.717, 1.165) is 11.1 Å². The van der Waals surface area contributed by atoms with Crippen molar-refractivity contribution in [2.45, 2.75) is 11.8 Å². The minimum Gasteiger partial charge on any atom is -0.323 e. The number of sulfonamides is 1. The molecular formula is C22H18Cl2N2O3S. The Morgan fingerprint density at radius 3 is 2.13 bits per heavy atom. The number of rotatable bonds is 6. The largest absolute Gasteiger partial charge is 0.323 e. The Balaban J connectivity index is 1.62. The van der Waals surface area contributed by atoms with Crippen LogP contribution in [0.3, 0.4) is 0 Å². The molecule has 0 radical (unpaired) electrons. The number of carbonyl (C=O) groups excluding carboxylic acids is 1. The molecule has 30 heavy (non-hydrogen) atoms. The van der Waals surface area contributed by atoms with Gasteiger partial charge in [-0.3, -0.25) is 9.52 Å². The fraction of sp³-hybridized carbons (Fsp3) is 0.0455. The van der Waals surface area contributed by atoms with E-state index in [0.29, 0.717) is 21.4 Å². The molecule has 154 valence electrons. The van der Waals surface area contributed by atoms with Crippen LogP contribution in [-0.4, -0.2) is 14.3 Å². The van der Waals surface area contributed by atoms with Crippen molar-refractivity contribution in [1.29, 1.82) is 0 Å². The summed E-state index contributed by atoms with van der Waals surface area (Å²) in [6.07, 6.45) is 2.98. The van der Waals surface area contributed by atoms with Crippen molar-refractivity contribution in [3.8, 4) is 0 Å². The maximum atomic E-state index is 12.4. The van der Waals surface area contributed by atoms with E-state index in [2.05, 4.69) is 10.0 Å². The second-order valence-electron chi connectivity index (χ2n) is 6.49. The molecule has 2 N–H and O–H groups in total. The molecule has 8 heteroatoms. The van der Waals surface area contributed by atoms with Crippen LogP contribution in [0.4, 0.5) is 11.4 Å².